The number of rotatable bonds is 9. The summed E-state index contributed by atoms with van der Waals surface area (Å²) in [5, 5.41) is 12.9. The summed E-state index contributed by atoms with van der Waals surface area (Å²) in [4.78, 5) is 12.4. The SMILES string of the molecule is CCCCc1ccc(NC(=O)CSc2nnc(-c3ccc(Cl)cc3)n2CC)cc1. The number of aryl methyl sites for hydroxylation is 1. The number of carbonyl (C=O) groups is 1. The third-order valence-electron chi connectivity index (χ3n) is 4.52. The van der Waals surface area contributed by atoms with E-state index in [2.05, 4.69) is 34.6 Å². The molecule has 3 rings (SSSR count). The molecule has 29 heavy (non-hydrogen) atoms. The summed E-state index contributed by atoms with van der Waals surface area (Å²) in [6.45, 7) is 4.94. The van der Waals surface area contributed by atoms with Gasteiger partial charge in [0.15, 0.2) is 11.0 Å². The maximum absolute atomic E-state index is 12.4. The van der Waals surface area contributed by atoms with E-state index >= 15 is 0 Å². The van der Waals surface area contributed by atoms with Crippen molar-refractivity contribution in [1.82, 2.24) is 14.8 Å². The van der Waals surface area contributed by atoms with Gasteiger partial charge in [-0.1, -0.05) is 48.8 Å². The van der Waals surface area contributed by atoms with Crippen molar-refractivity contribution in [2.24, 2.45) is 0 Å². The van der Waals surface area contributed by atoms with Crippen LogP contribution in [0.1, 0.15) is 32.3 Å². The lowest BCUT2D eigenvalue weighted by molar-refractivity contribution is -0.113. The molecule has 3 aromatic rings. The number of hydrogen-bond acceptors (Lipinski definition) is 4. The molecule has 0 atom stereocenters. The summed E-state index contributed by atoms with van der Waals surface area (Å²) in [5.41, 5.74) is 3.06. The van der Waals surface area contributed by atoms with Gasteiger partial charge in [0.25, 0.3) is 0 Å². The zero-order chi connectivity index (χ0) is 20.6. The summed E-state index contributed by atoms with van der Waals surface area (Å²) >= 11 is 7.35. The Bertz CT molecular complexity index is 938. The lowest BCUT2D eigenvalue weighted by Crippen LogP contribution is -2.14. The van der Waals surface area contributed by atoms with E-state index in [1.165, 1.54) is 30.2 Å². The van der Waals surface area contributed by atoms with E-state index in [4.69, 9.17) is 11.6 Å². The van der Waals surface area contributed by atoms with Gasteiger partial charge in [0, 0.05) is 22.8 Å². The quantitative estimate of drug-likeness (QED) is 0.444. The van der Waals surface area contributed by atoms with Crippen molar-refractivity contribution in [3.63, 3.8) is 0 Å². The highest BCUT2D eigenvalue weighted by Crippen LogP contribution is 2.25. The van der Waals surface area contributed by atoms with E-state index < -0.39 is 0 Å². The Morgan fingerprint density at radius 3 is 2.45 bits per heavy atom. The minimum Gasteiger partial charge on any atom is -0.325 e. The molecule has 0 unspecified atom stereocenters. The number of nitrogens with one attached hydrogen (secondary N) is 1. The maximum atomic E-state index is 12.4. The summed E-state index contributed by atoms with van der Waals surface area (Å²) in [6.07, 6.45) is 3.43. The fraction of sp³-hybridized carbons (Fsp3) is 0.318. The monoisotopic (exact) mass is 428 g/mol. The highest BCUT2D eigenvalue weighted by Gasteiger charge is 2.14. The van der Waals surface area contributed by atoms with Crippen molar-refractivity contribution in [3.8, 4) is 11.4 Å². The molecule has 7 heteroatoms. The van der Waals surface area contributed by atoms with Crippen LogP contribution in [0.25, 0.3) is 11.4 Å². The van der Waals surface area contributed by atoms with Crippen LogP contribution in [0, 0.1) is 0 Å². The standard InChI is InChI=1S/C22H25ClN4OS/c1-3-5-6-16-7-13-19(14-8-16)24-20(28)15-29-22-26-25-21(27(22)4-2)17-9-11-18(23)12-10-17/h7-14H,3-6,15H2,1-2H3,(H,24,28). The summed E-state index contributed by atoms with van der Waals surface area (Å²) in [6, 6.07) is 15.6. The van der Waals surface area contributed by atoms with Crippen LogP contribution in [0.2, 0.25) is 5.02 Å². The Morgan fingerprint density at radius 2 is 1.79 bits per heavy atom. The second-order valence-corrected chi connectivity index (χ2v) is 8.07. The van der Waals surface area contributed by atoms with E-state index in [0.29, 0.717) is 11.6 Å². The van der Waals surface area contributed by atoms with Crippen molar-refractivity contribution in [2.75, 3.05) is 11.1 Å². The lowest BCUT2D eigenvalue weighted by atomic mass is 10.1. The van der Waals surface area contributed by atoms with E-state index in [9.17, 15) is 4.79 Å². The third-order valence-corrected chi connectivity index (χ3v) is 5.74. The van der Waals surface area contributed by atoms with Crippen molar-refractivity contribution in [1.29, 1.82) is 0 Å². The van der Waals surface area contributed by atoms with Gasteiger partial charge in [0.1, 0.15) is 0 Å². The van der Waals surface area contributed by atoms with Gasteiger partial charge in [-0.05, 0) is 61.7 Å². The summed E-state index contributed by atoms with van der Waals surface area (Å²) in [5.74, 6) is 0.987. The zero-order valence-corrected chi connectivity index (χ0v) is 18.3. The third kappa shape index (κ3) is 5.84. The average Bonchev–Trinajstić information content (AvgIpc) is 3.15. The number of benzene rings is 2. The normalized spacial score (nSPS) is 10.9. The first-order valence-corrected chi connectivity index (χ1v) is 11.2. The van der Waals surface area contributed by atoms with E-state index in [0.717, 1.165) is 28.7 Å². The molecule has 0 bridgehead atoms. The van der Waals surface area contributed by atoms with Gasteiger partial charge in [-0.2, -0.15) is 0 Å². The molecule has 0 saturated carbocycles. The predicted octanol–water partition coefficient (Wildman–Crippen LogP) is 5.69. The second-order valence-electron chi connectivity index (χ2n) is 6.69. The van der Waals surface area contributed by atoms with Crippen molar-refractivity contribution in [3.05, 3.63) is 59.1 Å². The number of nitrogens with zero attached hydrogens (tertiary/aromatic N) is 3. The van der Waals surface area contributed by atoms with Crippen LogP contribution in [0.5, 0.6) is 0 Å². The molecule has 5 nitrogen and oxygen atoms in total. The van der Waals surface area contributed by atoms with Crippen molar-refractivity contribution < 1.29 is 4.79 Å². The molecule has 152 valence electrons. The molecule has 0 fully saturated rings. The Hall–Kier alpha value is -2.31. The fourth-order valence-electron chi connectivity index (χ4n) is 2.96. The van der Waals surface area contributed by atoms with Gasteiger partial charge in [-0.25, -0.2) is 0 Å². The summed E-state index contributed by atoms with van der Waals surface area (Å²) in [7, 11) is 0. The number of carbonyl (C=O) groups excluding carboxylic acids is 1. The van der Waals surface area contributed by atoms with Crippen molar-refractivity contribution >= 4 is 35.0 Å². The molecule has 2 aromatic carbocycles. The smallest absolute Gasteiger partial charge is 0.234 e. The maximum Gasteiger partial charge on any atom is 0.234 e. The highest BCUT2D eigenvalue weighted by atomic mass is 35.5. The minimum atomic E-state index is -0.0602. The number of hydrogen-bond donors (Lipinski definition) is 1. The van der Waals surface area contributed by atoms with Crippen LogP contribution < -0.4 is 5.32 Å². The number of unbranched alkanes of at least 4 members (excludes halogenated alkanes) is 1. The Kier molecular flexibility index (Phi) is 7.72. The molecule has 1 aromatic heterocycles. The van der Waals surface area contributed by atoms with Gasteiger partial charge in [-0.15, -0.1) is 10.2 Å². The first kappa shape index (κ1) is 21.4. The molecule has 0 aliphatic heterocycles. The molecular weight excluding hydrogens is 404 g/mol. The molecule has 0 saturated heterocycles. The highest BCUT2D eigenvalue weighted by molar-refractivity contribution is 7.99. The molecule has 1 amide bonds. The number of thioether (sulfide) groups is 1. The number of anilines is 1. The molecule has 1 N–H and O–H groups in total. The Balaban J connectivity index is 1.59. The van der Waals surface area contributed by atoms with Crippen LogP contribution in [0.4, 0.5) is 5.69 Å². The lowest BCUT2D eigenvalue weighted by Gasteiger charge is -2.08. The van der Waals surface area contributed by atoms with Crippen LogP contribution >= 0.6 is 23.4 Å². The summed E-state index contributed by atoms with van der Waals surface area (Å²) < 4.78 is 2.00. The molecule has 1 heterocycles. The molecule has 0 aliphatic carbocycles. The van der Waals surface area contributed by atoms with Crippen LogP contribution in [0.15, 0.2) is 53.7 Å². The molecular formula is C22H25ClN4OS. The first-order valence-electron chi connectivity index (χ1n) is 9.81. The van der Waals surface area contributed by atoms with Crippen LogP contribution in [-0.4, -0.2) is 26.4 Å². The average molecular weight is 429 g/mol. The molecule has 0 radical (unpaired) electrons. The van der Waals surface area contributed by atoms with Gasteiger partial charge in [-0.3, -0.25) is 4.79 Å². The predicted molar refractivity (Wildman–Crippen MR) is 121 cm³/mol. The van der Waals surface area contributed by atoms with Gasteiger partial charge >= 0.3 is 0 Å². The van der Waals surface area contributed by atoms with Gasteiger partial charge < -0.3 is 9.88 Å². The van der Waals surface area contributed by atoms with Crippen molar-refractivity contribution in [2.45, 2.75) is 44.8 Å². The molecule has 0 spiro atoms. The molecule has 0 aliphatic rings. The minimum absolute atomic E-state index is 0.0602. The van der Waals surface area contributed by atoms with Crippen LogP contribution in [-0.2, 0) is 17.8 Å². The first-order chi connectivity index (χ1) is 14.1. The topological polar surface area (TPSA) is 59.8 Å². The van der Waals surface area contributed by atoms with Gasteiger partial charge in [0.05, 0.1) is 5.75 Å². The fourth-order valence-corrected chi connectivity index (χ4v) is 3.88. The van der Waals surface area contributed by atoms with Gasteiger partial charge in [0.2, 0.25) is 5.91 Å². The number of halogens is 1. The van der Waals surface area contributed by atoms with E-state index in [-0.39, 0.29) is 11.7 Å². The number of aromatic nitrogens is 3. The Morgan fingerprint density at radius 1 is 1.07 bits per heavy atom. The Labute approximate surface area is 180 Å². The zero-order valence-electron chi connectivity index (χ0n) is 16.7. The van der Waals surface area contributed by atoms with E-state index in [1.54, 1.807) is 0 Å². The van der Waals surface area contributed by atoms with E-state index in [1.807, 2.05) is 47.9 Å². The van der Waals surface area contributed by atoms with Crippen LogP contribution in [0.3, 0.4) is 0 Å². The second kappa shape index (κ2) is 10.5. The number of amides is 1. The largest absolute Gasteiger partial charge is 0.325 e.